The van der Waals surface area contributed by atoms with Crippen molar-refractivity contribution in [2.45, 2.75) is 6.04 Å². The molecule has 3 amide bonds. The fourth-order valence-electron chi connectivity index (χ4n) is 3.03. The maximum atomic E-state index is 14.4. The summed E-state index contributed by atoms with van der Waals surface area (Å²) in [6.45, 7) is -0.757. The van der Waals surface area contributed by atoms with Crippen molar-refractivity contribution in [3.63, 3.8) is 0 Å². The van der Waals surface area contributed by atoms with Crippen LogP contribution < -0.4 is 16.0 Å². The lowest BCUT2D eigenvalue weighted by atomic mass is 10.1. The largest absolute Gasteiger partial charge is 0.346 e. The van der Waals surface area contributed by atoms with Crippen molar-refractivity contribution >= 4 is 40.9 Å². The van der Waals surface area contributed by atoms with Crippen LogP contribution in [-0.2, 0) is 16.6 Å². The molecule has 8 nitrogen and oxygen atoms in total. The van der Waals surface area contributed by atoms with E-state index in [0.29, 0.717) is 10.8 Å². The van der Waals surface area contributed by atoms with Gasteiger partial charge in [0, 0.05) is 30.0 Å². The zero-order valence-electron chi connectivity index (χ0n) is 17.4. The molecule has 0 fully saturated rings. The van der Waals surface area contributed by atoms with E-state index in [-0.39, 0.29) is 29.2 Å². The Balaban J connectivity index is 1.56. The molecule has 2 aromatic carbocycles. The van der Waals surface area contributed by atoms with E-state index < -0.39 is 29.6 Å². The molecule has 3 rings (SSSR count). The molecule has 1 aromatic heterocycles. The van der Waals surface area contributed by atoms with E-state index in [1.54, 1.807) is 36.0 Å². The van der Waals surface area contributed by atoms with Gasteiger partial charge in [0.15, 0.2) is 0 Å². The minimum atomic E-state index is -0.859. The zero-order valence-corrected chi connectivity index (χ0v) is 19.0. The number of amides is 3. The third-order valence-corrected chi connectivity index (χ3v) is 5.22. The molecule has 0 aliphatic rings. The standard InChI is InChI=1S/C22H20Cl2FN5O3/c1-30-9-8-26-21(30)20(15-4-2-3-5-17(15)25)29-19(32)12-27-18(31)11-28-22(33)14-7-6-13(23)10-16(14)24/h2-10,20H,11-12H2,1H3,(H,27,31)(H,28,33)(H,29,32). The first kappa shape index (κ1) is 24.2. The molecule has 0 aliphatic heterocycles. The lowest BCUT2D eigenvalue weighted by Crippen LogP contribution is -2.43. The number of aryl methyl sites for hydroxylation is 1. The molecule has 11 heteroatoms. The van der Waals surface area contributed by atoms with Crippen LogP contribution in [0.15, 0.2) is 54.9 Å². The molecule has 1 heterocycles. The van der Waals surface area contributed by atoms with Crippen LogP contribution in [0.1, 0.15) is 27.8 Å². The minimum absolute atomic E-state index is 0.147. The van der Waals surface area contributed by atoms with Crippen molar-refractivity contribution in [3.05, 3.63) is 87.7 Å². The van der Waals surface area contributed by atoms with Gasteiger partial charge in [0.2, 0.25) is 11.8 Å². The van der Waals surface area contributed by atoms with Gasteiger partial charge >= 0.3 is 0 Å². The van der Waals surface area contributed by atoms with Gasteiger partial charge in [0.1, 0.15) is 17.7 Å². The van der Waals surface area contributed by atoms with E-state index in [1.165, 1.54) is 30.5 Å². The highest BCUT2D eigenvalue weighted by Gasteiger charge is 2.23. The number of hydrogen-bond donors (Lipinski definition) is 3. The summed E-state index contributed by atoms with van der Waals surface area (Å²) in [7, 11) is 1.72. The highest BCUT2D eigenvalue weighted by atomic mass is 35.5. The van der Waals surface area contributed by atoms with Crippen molar-refractivity contribution in [2.75, 3.05) is 13.1 Å². The minimum Gasteiger partial charge on any atom is -0.346 e. The number of rotatable bonds is 8. The summed E-state index contributed by atoms with van der Waals surface area (Å²) in [5.41, 5.74) is 0.396. The summed E-state index contributed by atoms with van der Waals surface area (Å²) in [6.07, 6.45) is 3.21. The molecular formula is C22H20Cl2FN5O3. The van der Waals surface area contributed by atoms with Gasteiger partial charge in [0.05, 0.1) is 23.7 Å². The number of benzene rings is 2. The monoisotopic (exact) mass is 491 g/mol. The Bertz CT molecular complexity index is 1180. The molecule has 0 saturated carbocycles. The summed E-state index contributed by atoms with van der Waals surface area (Å²) in [4.78, 5) is 40.9. The molecule has 0 aliphatic carbocycles. The summed E-state index contributed by atoms with van der Waals surface area (Å²) >= 11 is 11.8. The molecule has 3 aromatic rings. The third-order valence-electron chi connectivity index (χ3n) is 4.67. The smallest absolute Gasteiger partial charge is 0.253 e. The van der Waals surface area contributed by atoms with Crippen LogP contribution in [0.2, 0.25) is 10.0 Å². The van der Waals surface area contributed by atoms with Crippen LogP contribution in [0.3, 0.4) is 0 Å². The SMILES string of the molecule is Cn1ccnc1C(NC(=O)CNC(=O)CNC(=O)c1ccc(Cl)cc1Cl)c1ccccc1F. The topological polar surface area (TPSA) is 105 Å². The molecule has 33 heavy (non-hydrogen) atoms. The number of imidazole rings is 1. The number of carbonyl (C=O) groups is 3. The normalized spacial score (nSPS) is 11.5. The molecular weight excluding hydrogens is 472 g/mol. The predicted octanol–water partition coefficient (Wildman–Crippen LogP) is 2.62. The van der Waals surface area contributed by atoms with Crippen LogP contribution in [0.25, 0.3) is 0 Å². The Morgan fingerprint density at radius 3 is 2.45 bits per heavy atom. The number of nitrogens with zero attached hydrogens (tertiary/aromatic N) is 2. The summed E-state index contributed by atoms with van der Waals surface area (Å²) in [5, 5.41) is 8.02. The molecule has 3 N–H and O–H groups in total. The van der Waals surface area contributed by atoms with E-state index in [4.69, 9.17) is 23.2 Å². The van der Waals surface area contributed by atoms with Gasteiger partial charge < -0.3 is 20.5 Å². The van der Waals surface area contributed by atoms with Crippen LogP contribution in [0.5, 0.6) is 0 Å². The Kier molecular flexibility index (Phi) is 8.02. The summed E-state index contributed by atoms with van der Waals surface area (Å²) in [5.74, 6) is -1.80. The molecule has 1 atom stereocenters. The first-order chi connectivity index (χ1) is 15.8. The van der Waals surface area contributed by atoms with E-state index in [2.05, 4.69) is 20.9 Å². The molecule has 0 radical (unpaired) electrons. The third kappa shape index (κ3) is 6.30. The quantitative estimate of drug-likeness (QED) is 0.450. The van der Waals surface area contributed by atoms with Crippen molar-refractivity contribution in [1.29, 1.82) is 0 Å². The number of carbonyl (C=O) groups excluding carboxylic acids is 3. The number of hydrogen-bond acceptors (Lipinski definition) is 4. The fourth-order valence-corrected chi connectivity index (χ4v) is 3.52. The van der Waals surface area contributed by atoms with E-state index in [1.807, 2.05) is 0 Å². The van der Waals surface area contributed by atoms with Crippen LogP contribution in [0.4, 0.5) is 4.39 Å². The average Bonchev–Trinajstić information content (AvgIpc) is 3.20. The van der Waals surface area contributed by atoms with Gasteiger partial charge in [-0.2, -0.15) is 0 Å². The van der Waals surface area contributed by atoms with Crippen molar-refractivity contribution in [2.24, 2.45) is 7.05 Å². The first-order valence-electron chi connectivity index (χ1n) is 9.77. The Labute approximate surface area is 199 Å². The molecule has 0 saturated heterocycles. The van der Waals surface area contributed by atoms with Crippen LogP contribution >= 0.6 is 23.2 Å². The van der Waals surface area contributed by atoms with Crippen molar-refractivity contribution < 1.29 is 18.8 Å². The molecule has 1 unspecified atom stereocenters. The molecule has 0 spiro atoms. The number of nitrogens with one attached hydrogen (secondary N) is 3. The number of halogens is 3. The predicted molar refractivity (Wildman–Crippen MR) is 121 cm³/mol. The van der Waals surface area contributed by atoms with Crippen molar-refractivity contribution in [3.8, 4) is 0 Å². The fraction of sp³-hybridized carbons (Fsp3) is 0.182. The van der Waals surface area contributed by atoms with Crippen LogP contribution in [-0.4, -0.2) is 40.4 Å². The molecule has 0 bridgehead atoms. The maximum Gasteiger partial charge on any atom is 0.253 e. The van der Waals surface area contributed by atoms with E-state index >= 15 is 0 Å². The Morgan fingerprint density at radius 1 is 1.06 bits per heavy atom. The lowest BCUT2D eigenvalue weighted by Gasteiger charge is -2.20. The maximum absolute atomic E-state index is 14.4. The van der Waals surface area contributed by atoms with Gasteiger partial charge in [-0.1, -0.05) is 41.4 Å². The zero-order chi connectivity index (χ0) is 24.0. The van der Waals surface area contributed by atoms with Gasteiger partial charge in [-0.3, -0.25) is 14.4 Å². The Morgan fingerprint density at radius 2 is 1.79 bits per heavy atom. The van der Waals surface area contributed by atoms with Gasteiger partial charge in [0.25, 0.3) is 5.91 Å². The van der Waals surface area contributed by atoms with Gasteiger partial charge in [-0.25, -0.2) is 9.37 Å². The second kappa shape index (κ2) is 10.9. The first-order valence-corrected chi connectivity index (χ1v) is 10.5. The van der Waals surface area contributed by atoms with Crippen molar-refractivity contribution in [1.82, 2.24) is 25.5 Å². The summed E-state index contributed by atoms with van der Waals surface area (Å²) in [6, 6.07) is 9.52. The second-order valence-corrected chi connectivity index (χ2v) is 7.85. The Hall–Kier alpha value is -3.43. The highest BCUT2D eigenvalue weighted by Crippen LogP contribution is 2.23. The highest BCUT2D eigenvalue weighted by molar-refractivity contribution is 6.36. The average molecular weight is 492 g/mol. The lowest BCUT2D eigenvalue weighted by molar-refractivity contribution is -0.125. The second-order valence-electron chi connectivity index (χ2n) is 7.00. The number of aromatic nitrogens is 2. The molecule has 172 valence electrons. The van der Waals surface area contributed by atoms with E-state index in [0.717, 1.165) is 0 Å². The summed E-state index contributed by atoms with van der Waals surface area (Å²) < 4.78 is 16.0. The van der Waals surface area contributed by atoms with Gasteiger partial charge in [-0.05, 0) is 24.3 Å². The van der Waals surface area contributed by atoms with E-state index in [9.17, 15) is 18.8 Å². The van der Waals surface area contributed by atoms with Gasteiger partial charge in [-0.15, -0.1) is 0 Å². The van der Waals surface area contributed by atoms with Crippen LogP contribution in [0, 0.1) is 5.82 Å².